The number of halogens is 1. The number of amides is 1. The molecule has 1 atom stereocenters. The monoisotopic (exact) mass is 293 g/mol. The minimum Gasteiger partial charge on any atom is -0.285 e. The highest BCUT2D eigenvalue weighted by atomic mass is 35.5. The van der Waals surface area contributed by atoms with Gasteiger partial charge in [-0.3, -0.25) is 9.69 Å². The van der Waals surface area contributed by atoms with Crippen molar-refractivity contribution in [1.29, 1.82) is 0 Å². The van der Waals surface area contributed by atoms with Crippen LogP contribution >= 0.6 is 22.9 Å². The van der Waals surface area contributed by atoms with Crippen molar-refractivity contribution in [2.45, 2.75) is 18.7 Å². The van der Waals surface area contributed by atoms with Crippen LogP contribution in [-0.2, 0) is 4.79 Å². The molecule has 0 bridgehead atoms. The molecule has 1 aliphatic rings. The highest BCUT2D eigenvalue weighted by Gasteiger charge is 2.31. The van der Waals surface area contributed by atoms with Crippen molar-refractivity contribution in [2.75, 3.05) is 11.4 Å². The molecule has 1 unspecified atom stereocenters. The van der Waals surface area contributed by atoms with Gasteiger partial charge in [0.25, 0.3) is 0 Å². The molecule has 0 spiro atoms. The zero-order chi connectivity index (χ0) is 13.4. The van der Waals surface area contributed by atoms with Gasteiger partial charge in [-0.2, -0.15) is 0 Å². The van der Waals surface area contributed by atoms with E-state index in [-0.39, 0.29) is 11.3 Å². The molecule has 19 heavy (non-hydrogen) atoms. The first kappa shape index (κ1) is 12.6. The van der Waals surface area contributed by atoms with E-state index in [9.17, 15) is 4.79 Å². The van der Waals surface area contributed by atoms with Crippen molar-refractivity contribution in [3.8, 4) is 10.6 Å². The van der Waals surface area contributed by atoms with Gasteiger partial charge < -0.3 is 0 Å². The van der Waals surface area contributed by atoms with E-state index >= 15 is 0 Å². The van der Waals surface area contributed by atoms with Crippen molar-refractivity contribution in [1.82, 2.24) is 10.2 Å². The summed E-state index contributed by atoms with van der Waals surface area (Å²) in [5.74, 6) is 0.0203. The van der Waals surface area contributed by atoms with Crippen LogP contribution < -0.4 is 4.90 Å². The molecule has 2 aromatic rings. The summed E-state index contributed by atoms with van der Waals surface area (Å²) >= 11 is 7.41. The third kappa shape index (κ3) is 2.48. The molecular formula is C13H12ClN3OS. The lowest BCUT2D eigenvalue weighted by Gasteiger charge is -2.09. The lowest BCUT2D eigenvalue weighted by Crippen LogP contribution is -2.24. The molecule has 4 nitrogen and oxygen atoms in total. The lowest BCUT2D eigenvalue weighted by molar-refractivity contribution is -0.117. The Labute approximate surface area is 120 Å². The molecule has 1 fully saturated rings. The summed E-state index contributed by atoms with van der Waals surface area (Å²) in [7, 11) is 0. The normalized spacial score (nSPS) is 19.2. The van der Waals surface area contributed by atoms with E-state index in [2.05, 4.69) is 16.3 Å². The molecule has 1 saturated heterocycles. The summed E-state index contributed by atoms with van der Waals surface area (Å²) in [6.07, 6.45) is 0.376. The summed E-state index contributed by atoms with van der Waals surface area (Å²) < 4.78 is 0. The number of hydrogen-bond donors (Lipinski definition) is 0. The third-order valence-corrected chi connectivity index (χ3v) is 4.28. The highest BCUT2D eigenvalue weighted by Crippen LogP contribution is 2.32. The van der Waals surface area contributed by atoms with E-state index in [1.807, 2.05) is 25.1 Å². The predicted molar refractivity (Wildman–Crippen MR) is 76.7 cm³/mol. The van der Waals surface area contributed by atoms with Crippen molar-refractivity contribution in [3.63, 3.8) is 0 Å². The molecule has 0 aliphatic carbocycles. The van der Waals surface area contributed by atoms with Crippen molar-refractivity contribution in [3.05, 3.63) is 29.8 Å². The zero-order valence-corrected chi connectivity index (χ0v) is 11.9. The van der Waals surface area contributed by atoms with Crippen LogP contribution in [-0.4, -0.2) is 28.0 Å². The number of aromatic nitrogens is 2. The van der Waals surface area contributed by atoms with Gasteiger partial charge in [0.15, 0.2) is 0 Å². The Morgan fingerprint density at radius 3 is 2.95 bits per heavy atom. The lowest BCUT2D eigenvalue weighted by atomic mass is 10.1. The van der Waals surface area contributed by atoms with E-state index < -0.39 is 0 Å². The van der Waals surface area contributed by atoms with Crippen LogP contribution in [0.5, 0.6) is 0 Å². The van der Waals surface area contributed by atoms with Crippen LogP contribution in [0.1, 0.15) is 12.0 Å². The molecule has 0 saturated carbocycles. The number of benzene rings is 1. The summed E-state index contributed by atoms with van der Waals surface area (Å²) in [6.45, 7) is 2.55. The maximum absolute atomic E-state index is 11.8. The number of aryl methyl sites for hydroxylation is 1. The number of anilines is 1. The fourth-order valence-electron chi connectivity index (χ4n) is 2.07. The van der Waals surface area contributed by atoms with Gasteiger partial charge in [-0.1, -0.05) is 35.1 Å². The quantitative estimate of drug-likeness (QED) is 0.800. The molecule has 6 heteroatoms. The largest absolute Gasteiger partial charge is 0.285 e. The Bertz CT molecular complexity index is 628. The topological polar surface area (TPSA) is 46.1 Å². The second-order valence-corrected chi connectivity index (χ2v) is 6.14. The predicted octanol–water partition coefficient (Wildman–Crippen LogP) is 2.86. The Balaban J connectivity index is 1.90. The average molecular weight is 294 g/mol. The van der Waals surface area contributed by atoms with Gasteiger partial charge in [-0.25, -0.2) is 0 Å². The fraction of sp³-hybridized carbons (Fsp3) is 0.308. The summed E-state index contributed by atoms with van der Waals surface area (Å²) in [4.78, 5) is 13.4. The van der Waals surface area contributed by atoms with E-state index in [0.717, 1.165) is 10.6 Å². The van der Waals surface area contributed by atoms with Crippen LogP contribution in [0.3, 0.4) is 0 Å². The van der Waals surface area contributed by atoms with E-state index in [1.165, 1.54) is 16.9 Å². The minimum absolute atomic E-state index is 0.0203. The van der Waals surface area contributed by atoms with Crippen molar-refractivity contribution >= 4 is 34.0 Å². The van der Waals surface area contributed by atoms with Gasteiger partial charge in [-0.05, 0) is 13.0 Å². The molecule has 98 valence electrons. The van der Waals surface area contributed by atoms with E-state index in [0.29, 0.717) is 18.1 Å². The van der Waals surface area contributed by atoms with Gasteiger partial charge in [0.1, 0.15) is 5.01 Å². The summed E-state index contributed by atoms with van der Waals surface area (Å²) in [5, 5.41) is 9.59. The van der Waals surface area contributed by atoms with Crippen molar-refractivity contribution < 1.29 is 4.79 Å². The summed E-state index contributed by atoms with van der Waals surface area (Å²) in [5.41, 5.74) is 2.20. The summed E-state index contributed by atoms with van der Waals surface area (Å²) in [6, 6.07) is 8.07. The SMILES string of the molecule is Cc1cccc(-c2nnc(N3CC(Cl)CC3=O)s2)c1. The number of rotatable bonds is 2. The molecule has 3 rings (SSSR count). The zero-order valence-electron chi connectivity index (χ0n) is 10.3. The van der Waals surface area contributed by atoms with Crippen LogP contribution in [0.4, 0.5) is 5.13 Å². The molecule has 2 heterocycles. The van der Waals surface area contributed by atoms with Gasteiger partial charge in [0, 0.05) is 18.5 Å². The standard InChI is InChI=1S/C13H12ClN3OS/c1-8-3-2-4-9(5-8)12-15-16-13(19-12)17-7-10(14)6-11(17)18/h2-5,10H,6-7H2,1H3. The Morgan fingerprint density at radius 1 is 1.42 bits per heavy atom. The van der Waals surface area contributed by atoms with Gasteiger partial charge in [-0.15, -0.1) is 21.8 Å². The molecule has 1 aromatic carbocycles. The van der Waals surface area contributed by atoms with Gasteiger partial charge in [0.05, 0.1) is 5.38 Å². The molecule has 0 radical (unpaired) electrons. The smallest absolute Gasteiger partial charge is 0.230 e. The van der Waals surface area contributed by atoms with Gasteiger partial charge >= 0.3 is 0 Å². The molecule has 1 aromatic heterocycles. The van der Waals surface area contributed by atoms with Crippen molar-refractivity contribution in [2.24, 2.45) is 0 Å². The van der Waals surface area contributed by atoms with Crippen LogP contribution in [0.2, 0.25) is 0 Å². The average Bonchev–Trinajstić information content (AvgIpc) is 2.96. The number of carbonyl (C=O) groups excluding carboxylic acids is 1. The van der Waals surface area contributed by atoms with Crippen LogP contribution in [0.15, 0.2) is 24.3 Å². The molecule has 0 N–H and O–H groups in total. The minimum atomic E-state index is -0.126. The second-order valence-electron chi connectivity index (χ2n) is 4.57. The number of nitrogens with zero attached hydrogens (tertiary/aromatic N) is 3. The van der Waals surface area contributed by atoms with Gasteiger partial charge in [0.2, 0.25) is 11.0 Å². The Kier molecular flexibility index (Phi) is 3.24. The maximum atomic E-state index is 11.8. The first-order chi connectivity index (χ1) is 9.13. The first-order valence-corrected chi connectivity index (χ1v) is 7.24. The highest BCUT2D eigenvalue weighted by molar-refractivity contribution is 7.18. The third-order valence-electron chi connectivity index (χ3n) is 2.99. The number of hydrogen-bond acceptors (Lipinski definition) is 4. The number of alkyl halides is 1. The first-order valence-electron chi connectivity index (χ1n) is 5.98. The Morgan fingerprint density at radius 2 is 2.26 bits per heavy atom. The molecular weight excluding hydrogens is 282 g/mol. The fourth-order valence-corrected chi connectivity index (χ4v) is 3.21. The second kappa shape index (κ2) is 4.90. The molecule has 1 aliphatic heterocycles. The maximum Gasteiger partial charge on any atom is 0.230 e. The molecule has 1 amide bonds. The van der Waals surface area contributed by atoms with E-state index in [4.69, 9.17) is 11.6 Å². The van der Waals surface area contributed by atoms with E-state index in [1.54, 1.807) is 4.90 Å². The van der Waals surface area contributed by atoms with Crippen LogP contribution in [0.25, 0.3) is 10.6 Å². The number of carbonyl (C=O) groups is 1. The van der Waals surface area contributed by atoms with Crippen LogP contribution in [0, 0.1) is 6.92 Å². The Hall–Kier alpha value is -1.46.